The molecule has 1 saturated heterocycles. The van der Waals surface area contributed by atoms with Crippen LogP contribution in [0.25, 0.3) is 5.76 Å². The molecule has 2 aromatic carbocycles. The van der Waals surface area contributed by atoms with Crippen LogP contribution in [0.2, 0.25) is 5.02 Å². The quantitative estimate of drug-likeness (QED) is 0.315. The number of nitrogens with zero attached hydrogens (tertiary/aromatic N) is 1. The number of thiophene rings is 1. The molecule has 2 heterocycles. The molecular weight excluding hydrogens is 434 g/mol. The van der Waals surface area contributed by atoms with Gasteiger partial charge in [-0.2, -0.15) is 0 Å². The van der Waals surface area contributed by atoms with Gasteiger partial charge in [0.05, 0.1) is 23.3 Å². The van der Waals surface area contributed by atoms with Crippen LogP contribution in [0.15, 0.2) is 59.5 Å². The van der Waals surface area contributed by atoms with Gasteiger partial charge in [0.1, 0.15) is 17.6 Å². The van der Waals surface area contributed by atoms with Crippen molar-refractivity contribution in [1.29, 1.82) is 0 Å². The second-order valence-electron chi connectivity index (χ2n) is 7.35. The fraction of sp³-hybridized carbons (Fsp3) is 0.167. The van der Waals surface area contributed by atoms with Crippen LogP contribution >= 0.6 is 22.9 Å². The number of carbonyl (C=O) groups is 2. The molecule has 0 bridgehead atoms. The zero-order chi connectivity index (χ0) is 22.3. The van der Waals surface area contributed by atoms with Crippen molar-refractivity contribution in [2.75, 3.05) is 12.0 Å². The normalized spacial score (nSPS) is 17.9. The highest BCUT2D eigenvalue weighted by Gasteiger charge is 2.47. The third-order valence-electron chi connectivity index (χ3n) is 5.22. The van der Waals surface area contributed by atoms with Crippen molar-refractivity contribution >= 4 is 46.1 Å². The summed E-state index contributed by atoms with van der Waals surface area (Å²) in [6.07, 6.45) is 0. The molecule has 4 rings (SSSR count). The van der Waals surface area contributed by atoms with Crippen LogP contribution in [-0.4, -0.2) is 23.9 Å². The minimum absolute atomic E-state index is 0.00740. The smallest absolute Gasteiger partial charge is 0.300 e. The van der Waals surface area contributed by atoms with Crippen molar-refractivity contribution < 1.29 is 19.4 Å². The number of amides is 1. The number of benzene rings is 2. The molecule has 0 aliphatic carbocycles. The molecule has 31 heavy (non-hydrogen) atoms. The molecule has 0 radical (unpaired) electrons. The van der Waals surface area contributed by atoms with Crippen molar-refractivity contribution in [2.24, 2.45) is 0 Å². The molecule has 1 aromatic heterocycles. The van der Waals surface area contributed by atoms with E-state index < -0.39 is 17.7 Å². The molecule has 1 atom stereocenters. The molecule has 0 spiro atoms. The Balaban J connectivity index is 1.97. The summed E-state index contributed by atoms with van der Waals surface area (Å²) in [5.74, 6) is -1.51. The van der Waals surface area contributed by atoms with E-state index in [0.717, 1.165) is 16.0 Å². The lowest BCUT2D eigenvalue weighted by atomic mass is 9.98. The van der Waals surface area contributed by atoms with Gasteiger partial charge < -0.3 is 9.84 Å². The van der Waals surface area contributed by atoms with Gasteiger partial charge in [-0.05, 0) is 55.1 Å². The standard InChI is InChI=1S/C24H20ClNO4S/c1-13-6-8-15(9-7-13)26-20(18-5-4-10-31-18)19(22(28)24(26)29)21(27)16-11-14(2)12-17(25)23(16)30-3/h4-12,20,27H,1-3H3/b21-19-. The van der Waals surface area contributed by atoms with Gasteiger partial charge in [-0.3, -0.25) is 14.5 Å². The first-order valence-electron chi connectivity index (χ1n) is 9.59. The first kappa shape index (κ1) is 21.2. The van der Waals surface area contributed by atoms with E-state index >= 15 is 0 Å². The average molecular weight is 454 g/mol. The topological polar surface area (TPSA) is 66.8 Å². The molecule has 1 aliphatic rings. The third kappa shape index (κ3) is 3.62. The summed E-state index contributed by atoms with van der Waals surface area (Å²) >= 11 is 7.72. The van der Waals surface area contributed by atoms with Crippen molar-refractivity contribution in [2.45, 2.75) is 19.9 Å². The summed E-state index contributed by atoms with van der Waals surface area (Å²) in [5.41, 5.74) is 2.68. The van der Waals surface area contributed by atoms with E-state index in [2.05, 4.69) is 0 Å². The van der Waals surface area contributed by atoms with Gasteiger partial charge in [-0.15, -0.1) is 11.3 Å². The number of ketones is 1. The summed E-state index contributed by atoms with van der Waals surface area (Å²) in [6.45, 7) is 3.77. The Labute approximate surface area is 189 Å². The van der Waals surface area contributed by atoms with E-state index in [-0.39, 0.29) is 22.6 Å². The summed E-state index contributed by atoms with van der Waals surface area (Å²) in [5, 5.41) is 13.5. The monoisotopic (exact) mass is 453 g/mol. The fourth-order valence-electron chi connectivity index (χ4n) is 3.78. The summed E-state index contributed by atoms with van der Waals surface area (Å²) in [7, 11) is 1.44. The number of aryl methyl sites for hydroxylation is 2. The van der Waals surface area contributed by atoms with E-state index in [9.17, 15) is 14.7 Å². The first-order valence-corrected chi connectivity index (χ1v) is 10.8. The second kappa shape index (κ2) is 8.21. The summed E-state index contributed by atoms with van der Waals surface area (Å²) in [4.78, 5) is 28.5. The van der Waals surface area contributed by atoms with E-state index in [1.165, 1.54) is 23.3 Å². The Hall–Kier alpha value is -3.09. The predicted octanol–water partition coefficient (Wildman–Crippen LogP) is 5.65. The molecule has 5 nitrogen and oxygen atoms in total. The molecule has 158 valence electrons. The molecular formula is C24H20ClNO4S. The van der Waals surface area contributed by atoms with Crippen LogP contribution in [0.1, 0.15) is 27.6 Å². The number of hydrogen-bond acceptors (Lipinski definition) is 5. The van der Waals surface area contributed by atoms with Crippen LogP contribution in [0.5, 0.6) is 5.75 Å². The Kier molecular flexibility index (Phi) is 5.60. The Morgan fingerprint density at radius 3 is 2.42 bits per heavy atom. The Morgan fingerprint density at radius 1 is 1.10 bits per heavy atom. The molecule has 1 fully saturated rings. The van der Waals surface area contributed by atoms with Crippen LogP contribution in [0, 0.1) is 13.8 Å². The van der Waals surface area contributed by atoms with Crippen LogP contribution in [0.3, 0.4) is 0 Å². The largest absolute Gasteiger partial charge is 0.507 e. The maximum Gasteiger partial charge on any atom is 0.300 e. The van der Waals surface area contributed by atoms with Gasteiger partial charge in [0.25, 0.3) is 11.7 Å². The second-order valence-corrected chi connectivity index (χ2v) is 8.73. The van der Waals surface area contributed by atoms with E-state index in [4.69, 9.17) is 16.3 Å². The number of Topliss-reactive ketones (excluding diaryl/α,β-unsaturated/α-hetero) is 1. The number of aliphatic hydroxyl groups is 1. The van der Waals surface area contributed by atoms with Crippen LogP contribution < -0.4 is 9.64 Å². The van der Waals surface area contributed by atoms with Gasteiger partial charge >= 0.3 is 0 Å². The van der Waals surface area contributed by atoms with Gasteiger partial charge in [0.15, 0.2) is 0 Å². The summed E-state index contributed by atoms with van der Waals surface area (Å²) < 4.78 is 5.39. The number of rotatable bonds is 4. The number of methoxy groups -OCH3 is 1. The molecule has 3 aromatic rings. The lowest BCUT2D eigenvalue weighted by Crippen LogP contribution is -2.29. The Morgan fingerprint density at radius 2 is 1.81 bits per heavy atom. The minimum atomic E-state index is -0.758. The van der Waals surface area contributed by atoms with E-state index in [1.54, 1.807) is 24.3 Å². The fourth-order valence-corrected chi connectivity index (χ4v) is 4.95. The number of anilines is 1. The zero-order valence-electron chi connectivity index (χ0n) is 17.2. The Bertz CT molecular complexity index is 1200. The van der Waals surface area contributed by atoms with Gasteiger partial charge in [-0.25, -0.2) is 0 Å². The molecule has 7 heteroatoms. The SMILES string of the molecule is COc1c(Cl)cc(C)cc1/C(O)=C1/C(=O)C(=O)N(c2ccc(C)cc2)C1c1cccs1. The van der Waals surface area contributed by atoms with Crippen molar-refractivity contribution in [1.82, 2.24) is 0 Å². The van der Waals surface area contributed by atoms with Crippen molar-refractivity contribution in [3.8, 4) is 5.75 Å². The maximum atomic E-state index is 13.2. The van der Waals surface area contributed by atoms with Crippen molar-refractivity contribution in [3.05, 3.63) is 86.1 Å². The van der Waals surface area contributed by atoms with Crippen LogP contribution in [0.4, 0.5) is 5.69 Å². The molecule has 0 saturated carbocycles. The summed E-state index contributed by atoms with van der Waals surface area (Å²) in [6, 6.07) is 13.7. The zero-order valence-corrected chi connectivity index (χ0v) is 18.8. The number of aliphatic hydroxyl groups excluding tert-OH is 1. The highest BCUT2D eigenvalue weighted by atomic mass is 35.5. The minimum Gasteiger partial charge on any atom is -0.507 e. The van der Waals surface area contributed by atoms with E-state index in [1.807, 2.05) is 43.5 Å². The first-order chi connectivity index (χ1) is 14.8. The molecule has 1 N–H and O–H groups in total. The maximum absolute atomic E-state index is 13.2. The van der Waals surface area contributed by atoms with Gasteiger partial charge in [0, 0.05) is 10.6 Å². The van der Waals surface area contributed by atoms with Gasteiger partial charge in [0.2, 0.25) is 0 Å². The van der Waals surface area contributed by atoms with E-state index in [0.29, 0.717) is 10.7 Å². The van der Waals surface area contributed by atoms with Crippen LogP contribution in [-0.2, 0) is 9.59 Å². The number of ether oxygens (including phenoxy) is 1. The van der Waals surface area contributed by atoms with Crippen molar-refractivity contribution in [3.63, 3.8) is 0 Å². The number of carbonyl (C=O) groups excluding carboxylic acids is 2. The number of hydrogen-bond donors (Lipinski definition) is 1. The average Bonchev–Trinajstić information content (AvgIpc) is 3.35. The molecule has 1 unspecified atom stereocenters. The van der Waals surface area contributed by atoms with Gasteiger partial charge in [-0.1, -0.05) is 35.4 Å². The lowest BCUT2D eigenvalue weighted by molar-refractivity contribution is -0.132. The molecule has 1 aliphatic heterocycles. The lowest BCUT2D eigenvalue weighted by Gasteiger charge is -2.24. The third-order valence-corrected chi connectivity index (χ3v) is 6.42. The molecule has 1 amide bonds. The number of halogens is 1. The highest BCUT2D eigenvalue weighted by Crippen LogP contribution is 2.45. The highest BCUT2D eigenvalue weighted by molar-refractivity contribution is 7.10. The predicted molar refractivity (Wildman–Crippen MR) is 123 cm³/mol.